The van der Waals surface area contributed by atoms with E-state index < -0.39 is 5.97 Å². The first-order chi connectivity index (χ1) is 11.7. The lowest BCUT2D eigenvalue weighted by Gasteiger charge is -2.04. The van der Waals surface area contributed by atoms with E-state index in [2.05, 4.69) is 16.9 Å². The van der Waals surface area contributed by atoms with Crippen LogP contribution in [0.2, 0.25) is 0 Å². The van der Waals surface area contributed by atoms with Gasteiger partial charge < -0.3 is 5.11 Å². The van der Waals surface area contributed by atoms with Crippen LogP contribution in [0.4, 0.5) is 0 Å². The summed E-state index contributed by atoms with van der Waals surface area (Å²) in [5, 5.41) is 8.92. The SMILES string of the molecule is CCCCCCCCCc1cnc(-c2ccc(C(=O)O)cc2)cn1. The maximum atomic E-state index is 10.9. The fourth-order valence-electron chi connectivity index (χ4n) is 2.68. The highest BCUT2D eigenvalue weighted by molar-refractivity contribution is 5.88. The Balaban J connectivity index is 1.79. The Hall–Kier alpha value is -2.23. The van der Waals surface area contributed by atoms with E-state index in [-0.39, 0.29) is 5.56 Å². The molecule has 0 unspecified atom stereocenters. The highest BCUT2D eigenvalue weighted by Gasteiger charge is 2.05. The average Bonchev–Trinajstić information content (AvgIpc) is 2.61. The number of aryl methyl sites for hydroxylation is 1. The molecule has 1 aromatic heterocycles. The molecule has 0 saturated heterocycles. The van der Waals surface area contributed by atoms with Crippen molar-refractivity contribution in [1.82, 2.24) is 9.97 Å². The Morgan fingerprint density at radius 3 is 2.17 bits per heavy atom. The second-order valence-electron chi connectivity index (χ2n) is 6.15. The predicted octanol–water partition coefficient (Wildman–Crippen LogP) is 5.13. The van der Waals surface area contributed by atoms with Crippen LogP contribution in [0.5, 0.6) is 0 Å². The summed E-state index contributed by atoms with van der Waals surface area (Å²) in [4.78, 5) is 19.8. The Labute approximate surface area is 144 Å². The molecule has 1 N–H and O–H groups in total. The van der Waals surface area contributed by atoms with Crippen LogP contribution in [0.3, 0.4) is 0 Å². The molecule has 2 aromatic rings. The standard InChI is InChI=1S/C20H26N2O2/c1-2-3-4-5-6-7-8-9-18-14-22-19(15-21-18)16-10-12-17(13-11-16)20(23)24/h10-15H,2-9H2,1H3,(H,23,24). The third kappa shape index (κ3) is 5.76. The number of hydrogen-bond donors (Lipinski definition) is 1. The second kappa shape index (κ2) is 9.81. The van der Waals surface area contributed by atoms with Crippen molar-refractivity contribution in [3.63, 3.8) is 0 Å². The maximum Gasteiger partial charge on any atom is 0.335 e. The van der Waals surface area contributed by atoms with Crippen molar-refractivity contribution in [2.75, 3.05) is 0 Å². The molecule has 0 saturated carbocycles. The van der Waals surface area contributed by atoms with E-state index in [1.165, 1.54) is 38.5 Å². The van der Waals surface area contributed by atoms with Gasteiger partial charge in [-0.25, -0.2) is 4.79 Å². The number of nitrogens with zero attached hydrogens (tertiary/aromatic N) is 2. The number of carboxylic acids is 1. The Morgan fingerprint density at radius 1 is 0.917 bits per heavy atom. The van der Waals surface area contributed by atoms with Gasteiger partial charge in [0.2, 0.25) is 0 Å². The molecule has 24 heavy (non-hydrogen) atoms. The van der Waals surface area contributed by atoms with Crippen LogP contribution in [-0.4, -0.2) is 21.0 Å². The third-order valence-corrected chi connectivity index (χ3v) is 4.17. The molecule has 4 nitrogen and oxygen atoms in total. The summed E-state index contributed by atoms with van der Waals surface area (Å²) in [5.74, 6) is -0.919. The Kier molecular flexibility index (Phi) is 7.40. The summed E-state index contributed by atoms with van der Waals surface area (Å²) >= 11 is 0. The van der Waals surface area contributed by atoms with Gasteiger partial charge in [0.1, 0.15) is 0 Å². The monoisotopic (exact) mass is 326 g/mol. The Morgan fingerprint density at radius 2 is 1.58 bits per heavy atom. The minimum atomic E-state index is -0.919. The molecule has 4 heteroatoms. The first kappa shape index (κ1) is 18.1. The van der Waals surface area contributed by atoms with Crippen molar-refractivity contribution in [1.29, 1.82) is 0 Å². The fraction of sp³-hybridized carbons (Fsp3) is 0.450. The fourth-order valence-corrected chi connectivity index (χ4v) is 2.68. The van der Waals surface area contributed by atoms with E-state index in [4.69, 9.17) is 5.11 Å². The zero-order chi connectivity index (χ0) is 17.2. The average molecular weight is 326 g/mol. The van der Waals surface area contributed by atoms with Gasteiger partial charge in [0.25, 0.3) is 0 Å². The smallest absolute Gasteiger partial charge is 0.335 e. The molecular weight excluding hydrogens is 300 g/mol. The summed E-state index contributed by atoms with van der Waals surface area (Å²) < 4.78 is 0. The zero-order valence-electron chi connectivity index (χ0n) is 14.4. The second-order valence-corrected chi connectivity index (χ2v) is 6.15. The molecule has 0 aliphatic heterocycles. The maximum absolute atomic E-state index is 10.9. The lowest BCUT2D eigenvalue weighted by atomic mass is 10.1. The van der Waals surface area contributed by atoms with E-state index in [1.807, 2.05) is 6.20 Å². The highest BCUT2D eigenvalue weighted by atomic mass is 16.4. The lowest BCUT2D eigenvalue weighted by Crippen LogP contribution is -1.96. The predicted molar refractivity (Wildman–Crippen MR) is 96.1 cm³/mol. The van der Waals surface area contributed by atoms with Crippen LogP contribution < -0.4 is 0 Å². The molecule has 128 valence electrons. The van der Waals surface area contributed by atoms with E-state index in [1.54, 1.807) is 30.5 Å². The topological polar surface area (TPSA) is 63.1 Å². The molecule has 0 aliphatic rings. The number of hydrogen-bond acceptors (Lipinski definition) is 3. The van der Waals surface area contributed by atoms with E-state index in [9.17, 15) is 4.79 Å². The van der Waals surface area contributed by atoms with Crippen LogP contribution in [0.1, 0.15) is 67.9 Å². The summed E-state index contributed by atoms with van der Waals surface area (Å²) in [5.41, 5.74) is 2.96. The summed E-state index contributed by atoms with van der Waals surface area (Å²) in [6.45, 7) is 2.24. The lowest BCUT2D eigenvalue weighted by molar-refractivity contribution is 0.0697. The number of unbranched alkanes of at least 4 members (excludes halogenated alkanes) is 6. The molecule has 0 amide bonds. The number of aromatic nitrogens is 2. The summed E-state index contributed by atoms with van der Waals surface area (Å²) in [7, 11) is 0. The van der Waals surface area contributed by atoms with Crippen LogP contribution in [0, 0.1) is 0 Å². The number of aromatic carboxylic acids is 1. The minimum Gasteiger partial charge on any atom is -0.478 e. The normalized spacial score (nSPS) is 10.7. The van der Waals surface area contributed by atoms with Crippen LogP contribution in [0.15, 0.2) is 36.7 Å². The van der Waals surface area contributed by atoms with Gasteiger partial charge in [-0.3, -0.25) is 9.97 Å². The summed E-state index contributed by atoms with van der Waals surface area (Å²) in [6, 6.07) is 6.71. The number of carboxylic acid groups (broad SMARTS) is 1. The molecule has 1 aromatic carbocycles. The molecule has 0 aliphatic carbocycles. The van der Waals surface area contributed by atoms with Gasteiger partial charge in [0.05, 0.1) is 23.1 Å². The van der Waals surface area contributed by atoms with Gasteiger partial charge in [-0.15, -0.1) is 0 Å². The quantitative estimate of drug-likeness (QED) is 0.614. The van der Waals surface area contributed by atoms with E-state index >= 15 is 0 Å². The minimum absolute atomic E-state index is 0.280. The van der Waals surface area contributed by atoms with Crippen molar-refractivity contribution in [3.8, 4) is 11.3 Å². The largest absolute Gasteiger partial charge is 0.478 e. The van der Waals surface area contributed by atoms with Gasteiger partial charge in [-0.1, -0.05) is 57.6 Å². The van der Waals surface area contributed by atoms with Gasteiger partial charge in [-0.2, -0.15) is 0 Å². The van der Waals surface area contributed by atoms with Crippen molar-refractivity contribution in [3.05, 3.63) is 47.9 Å². The summed E-state index contributed by atoms with van der Waals surface area (Å²) in [6.07, 6.45) is 13.6. The van der Waals surface area contributed by atoms with Crippen LogP contribution in [0.25, 0.3) is 11.3 Å². The van der Waals surface area contributed by atoms with E-state index in [0.29, 0.717) is 0 Å². The van der Waals surface area contributed by atoms with Gasteiger partial charge in [-0.05, 0) is 25.0 Å². The number of carbonyl (C=O) groups is 1. The molecular formula is C20H26N2O2. The molecule has 0 radical (unpaired) electrons. The van der Waals surface area contributed by atoms with Gasteiger partial charge in [0, 0.05) is 11.8 Å². The Bertz CT molecular complexity index is 621. The van der Waals surface area contributed by atoms with Crippen LogP contribution in [-0.2, 0) is 6.42 Å². The molecule has 2 rings (SSSR count). The zero-order valence-corrected chi connectivity index (χ0v) is 14.4. The molecule has 1 heterocycles. The molecule has 0 bridgehead atoms. The van der Waals surface area contributed by atoms with Crippen LogP contribution >= 0.6 is 0 Å². The van der Waals surface area contributed by atoms with Gasteiger partial charge >= 0.3 is 5.97 Å². The first-order valence-electron chi connectivity index (χ1n) is 8.85. The molecule has 0 fully saturated rings. The third-order valence-electron chi connectivity index (χ3n) is 4.17. The highest BCUT2D eigenvalue weighted by Crippen LogP contribution is 2.17. The van der Waals surface area contributed by atoms with Crippen molar-refractivity contribution in [2.24, 2.45) is 0 Å². The van der Waals surface area contributed by atoms with Crippen molar-refractivity contribution < 1.29 is 9.90 Å². The van der Waals surface area contributed by atoms with E-state index in [0.717, 1.165) is 29.8 Å². The number of rotatable bonds is 10. The number of benzene rings is 1. The van der Waals surface area contributed by atoms with Crippen molar-refractivity contribution in [2.45, 2.75) is 58.3 Å². The van der Waals surface area contributed by atoms with Crippen molar-refractivity contribution >= 4 is 5.97 Å². The molecule has 0 atom stereocenters. The van der Waals surface area contributed by atoms with Gasteiger partial charge in [0.15, 0.2) is 0 Å². The first-order valence-corrected chi connectivity index (χ1v) is 8.85. The molecule has 0 spiro atoms.